The van der Waals surface area contributed by atoms with Crippen LogP contribution in [-0.4, -0.2) is 33.4 Å². The van der Waals surface area contributed by atoms with Gasteiger partial charge in [0.1, 0.15) is 18.1 Å². The zero-order valence-corrected chi connectivity index (χ0v) is 16.4. The molecule has 0 saturated heterocycles. The lowest BCUT2D eigenvalue weighted by Crippen LogP contribution is -2.15. The van der Waals surface area contributed by atoms with Crippen LogP contribution in [0.15, 0.2) is 52.7 Å². The Bertz CT molecular complexity index is 1000. The molecule has 0 bridgehead atoms. The van der Waals surface area contributed by atoms with Crippen LogP contribution in [0.2, 0.25) is 5.02 Å². The quantitative estimate of drug-likeness (QED) is 0.642. The Morgan fingerprint density at radius 1 is 1.15 bits per heavy atom. The third-order valence-corrected chi connectivity index (χ3v) is 5.34. The first-order valence-electron chi connectivity index (χ1n) is 8.32. The first-order chi connectivity index (χ1) is 13.1. The van der Waals surface area contributed by atoms with Gasteiger partial charge in [-0.1, -0.05) is 29.4 Å². The van der Waals surface area contributed by atoms with Crippen molar-refractivity contribution in [1.82, 2.24) is 14.9 Å². The van der Waals surface area contributed by atoms with Crippen molar-refractivity contribution in [3.63, 3.8) is 0 Å². The van der Waals surface area contributed by atoms with Gasteiger partial charge in [-0.05, 0) is 54.4 Å². The fraction of sp³-hybridized carbons (Fsp3) is 0.211. The second-order valence-electron chi connectivity index (χ2n) is 6.00. The molecule has 2 aromatic carbocycles. The number of nitrogens with zero attached hydrogens (tertiary/aromatic N) is 4. The minimum Gasteiger partial charge on any atom is -0.497 e. The first kappa shape index (κ1) is 17.9. The van der Waals surface area contributed by atoms with Crippen LogP contribution in [0.1, 0.15) is 17.0 Å². The highest BCUT2D eigenvalue weighted by molar-refractivity contribution is 7.99. The summed E-state index contributed by atoms with van der Waals surface area (Å²) >= 11 is 7.79. The van der Waals surface area contributed by atoms with E-state index in [1.807, 2.05) is 49.4 Å². The van der Waals surface area contributed by atoms with Gasteiger partial charge in [0.25, 0.3) is 0 Å². The van der Waals surface area contributed by atoms with Gasteiger partial charge < -0.3 is 9.47 Å². The molecule has 0 unspecified atom stereocenters. The van der Waals surface area contributed by atoms with E-state index in [-0.39, 0.29) is 6.61 Å². The summed E-state index contributed by atoms with van der Waals surface area (Å²) in [4.78, 5) is 0. The van der Waals surface area contributed by atoms with Gasteiger partial charge in [-0.2, -0.15) is 9.78 Å². The van der Waals surface area contributed by atoms with Gasteiger partial charge in [0.05, 0.1) is 17.8 Å². The Balaban J connectivity index is 1.57. The summed E-state index contributed by atoms with van der Waals surface area (Å²) in [5.41, 5.74) is 3.06. The second kappa shape index (κ2) is 7.62. The number of aryl methyl sites for hydroxylation is 1. The maximum Gasteiger partial charge on any atom is 0.212 e. The summed E-state index contributed by atoms with van der Waals surface area (Å²) in [7, 11) is 1.65. The van der Waals surface area contributed by atoms with Crippen molar-refractivity contribution >= 4 is 29.1 Å². The minimum absolute atomic E-state index is 0.232. The number of halogens is 1. The molecule has 0 saturated carbocycles. The molecular formula is C19H17ClN4O2S. The predicted molar refractivity (Wildman–Crippen MR) is 106 cm³/mol. The Morgan fingerprint density at radius 2 is 1.96 bits per heavy atom. The van der Waals surface area contributed by atoms with Crippen molar-refractivity contribution < 1.29 is 9.47 Å². The molecule has 0 N–H and O–H groups in total. The maximum atomic E-state index is 6.20. The molecule has 0 aliphatic carbocycles. The Kier molecular flexibility index (Phi) is 5.05. The number of rotatable bonds is 5. The molecule has 0 amide bonds. The fourth-order valence-electron chi connectivity index (χ4n) is 2.65. The molecule has 3 aromatic rings. The average molecular weight is 401 g/mol. The molecule has 27 heavy (non-hydrogen) atoms. The summed E-state index contributed by atoms with van der Waals surface area (Å²) in [6, 6.07) is 13.5. The molecule has 0 radical (unpaired) electrons. The van der Waals surface area contributed by atoms with Crippen molar-refractivity contribution in [3.05, 3.63) is 64.4 Å². The van der Waals surface area contributed by atoms with Crippen LogP contribution in [0.4, 0.5) is 0 Å². The van der Waals surface area contributed by atoms with Crippen molar-refractivity contribution in [2.45, 2.75) is 18.7 Å². The molecule has 0 atom stereocenters. The highest BCUT2D eigenvalue weighted by atomic mass is 35.5. The summed E-state index contributed by atoms with van der Waals surface area (Å²) in [6.07, 6.45) is 0. The zero-order valence-electron chi connectivity index (χ0n) is 14.8. The number of aromatic nitrogens is 3. The van der Waals surface area contributed by atoms with Gasteiger partial charge in [-0.15, -0.1) is 10.2 Å². The monoisotopic (exact) mass is 400 g/mol. The number of fused-ring (bicyclic) bond motifs is 1. The summed E-state index contributed by atoms with van der Waals surface area (Å²) < 4.78 is 12.8. The van der Waals surface area contributed by atoms with Crippen LogP contribution < -0.4 is 9.47 Å². The SMILES string of the molecule is COc1ccc(C2=Nn3c(COc4cc(C)ccc4Cl)nnc3SC2)cc1. The van der Waals surface area contributed by atoms with Crippen molar-refractivity contribution in [3.8, 4) is 11.5 Å². The van der Waals surface area contributed by atoms with Gasteiger partial charge in [-0.3, -0.25) is 0 Å². The topological polar surface area (TPSA) is 61.5 Å². The highest BCUT2D eigenvalue weighted by Crippen LogP contribution is 2.28. The zero-order chi connectivity index (χ0) is 18.8. The van der Waals surface area contributed by atoms with E-state index in [2.05, 4.69) is 10.2 Å². The molecule has 8 heteroatoms. The van der Waals surface area contributed by atoms with Crippen molar-refractivity contribution in [2.24, 2.45) is 5.10 Å². The Labute approximate surface area is 166 Å². The van der Waals surface area contributed by atoms with Gasteiger partial charge in [0.15, 0.2) is 5.82 Å². The van der Waals surface area contributed by atoms with Gasteiger partial charge in [0.2, 0.25) is 5.16 Å². The van der Waals surface area contributed by atoms with E-state index < -0.39 is 0 Å². The predicted octanol–water partition coefficient (Wildman–Crippen LogP) is 4.19. The number of benzene rings is 2. The first-order valence-corrected chi connectivity index (χ1v) is 9.69. The molecule has 2 heterocycles. The lowest BCUT2D eigenvalue weighted by molar-refractivity contribution is 0.290. The highest BCUT2D eigenvalue weighted by Gasteiger charge is 2.20. The summed E-state index contributed by atoms with van der Waals surface area (Å²) in [5.74, 6) is 2.80. The Morgan fingerprint density at radius 3 is 2.74 bits per heavy atom. The third-order valence-electron chi connectivity index (χ3n) is 4.10. The fourth-order valence-corrected chi connectivity index (χ4v) is 3.68. The molecule has 1 aromatic heterocycles. The molecule has 6 nitrogen and oxygen atoms in total. The number of hydrogen-bond donors (Lipinski definition) is 0. The van der Waals surface area contributed by atoms with Crippen LogP contribution in [0.3, 0.4) is 0 Å². The van der Waals surface area contributed by atoms with E-state index in [0.29, 0.717) is 16.6 Å². The van der Waals surface area contributed by atoms with E-state index in [9.17, 15) is 0 Å². The average Bonchev–Trinajstić information content (AvgIpc) is 3.11. The van der Waals surface area contributed by atoms with Gasteiger partial charge in [0, 0.05) is 5.75 Å². The second-order valence-corrected chi connectivity index (χ2v) is 7.35. The van der Waals surface area contributed by atoms with Crippen molar-refractivity contribution in [1.29, 1.82) is 0 Å². The van der Waals surface area contributed by atoms with E-state index in [1.54, 1.807) is 23.5 Å². The summed E-state index contributed by atoms with van der Waals surface area (Å²) in [5, 5.41) is 14.5. The molecule has 1 aliphatic heterocycles. The van der Waals surface area contributed by atoms with Gasteiger partial charge in [-0.25, -0.2) is 0 Å². The molecule has 0 spiro atoms. The largest absolute Gasteiger partial charge is 0.497 e. The number of ether oxygens (including phenoxy) is 2. The smallest absolute Gasteiger partial charge is 0.212 e. The number of methoxy groups -OCH3 is 1. The van der Waals surface area contributed by atoms with Crippen LogP contribution in [0, 0.1) is 6.92 Å². The van der Waals surface area contributed by atoms with Gasteiger partial charge >= 0.3 is 0 Å². The normalized spacial score (nSPS) is 13.1. The van der Waals surface area contributed by atoms with E-state index >= 15 is 0 Å². The molecular weight excluding hydrogens is 384 g/mol. The molecule has 0 fully saturated rings. The van der Waals surface area contributed by atoms with Crippen LogP contribution >= 0.6 is 23.4 Å². The van der Waals surface area contributed by atoms with E-state index in [1.165, 1.54) is 0 Å². The Hall–Kier alpha value is -2.51. The van der Waals surface area contributed by atoms with E-state index in [4.69, 9.17) is 26.2 Å². The lowest BCUT2D eigenvalue weighted by Gasteiger charge is -2.14. The van der Waals surface area contributed by atoms with Crippen LogP contribution in [-0.2, 0) is 6.61 Å². The lowest BCUT2D eigenvalue weighted by atomic mass is 10.1. The van der Waals surface area contributed by atoms with Crippen molar-refractivity contribution in [2.75, 3.05) is 12.9 Å². The van der Waals surface area contributed by atoms with E-state index in [0.717, 1.165) is 33.5 Å². The van der Waals surface area contributed by atoms with Crippen LogP contribution in [0.25, 0.3) is 0 Å². The standard InChI is InChI=1S/C19H17ClN4O2S/c1-12-3-8-15(20)17(9-12)26-10-18-21-22-19-24(18)23-16(11-27-19)13-4-6-14(25-2)7-5-13/h3-9H,10-11H2,1-2H3. The molecule has 1 aliphatic rings. The number of thioether (sulfide) groups is 1. The maximum absolute atomic E-state index is 6.20. The minimum atomic E-state index is 0.232. The van der Waals surface area contributed by atoms with Crippen LogP contribution in [0.5, 0.6) is 11.5 Å². The molecule has 138 valence electrons. The summed E-state index contributed by atoms with van der Waals surface area (Å²) in [6.45, 7) is 2.22. The third kappa shape index (κ3) is 3.79. The molecule has 4 rings (SSSR count). The number of hydrogen-bond acceptors (Lipinski definition) is 6.